The fourth-order valence-corrected chi connectivity index (χ4v) is 2.39. The van der Waals surface area contributed by atoms with Crippen LogP contribution in [0.5, 0.6) is 0 Å². The van der Waals surface area contributed by atoms with Gasteiger partial charge in [-0.05, 0) is 37.2 Å². The van der Waals surface area contributed by atoms with Crippen molar-refractivity contribution in [3.63, 3.8) is 0 Å². The molecular weight excluding hydrogens is 224 g/mol. The van der Waals surface area contributed by atoms with Crippen LogP contribution in [0.1, 0.15) is 12.0 Å². The Balaban J connectivity index is 2.04. The summed E-state index contributed by atoms with van der Waals surface area (Å²) < 4.78 is 0. The molecule has 0 unspecified atom stereocenters. The van der Waals surface area contributed by atoms with E-state index in [0.717, 1.165) is 36.1 Å². The molecule has 90 valence electrons. The van der Waals surface area contributed by atoms with Crippen molar-refractivity contribution < 1.29 is 0 Å². The van der Waals surface area contributed by atoms with E-state index in [9.17, 15) is 0 Å². The zero-order chi connectivity index (χ0) is 12.4. The molecule has 0 radical (unpaired) electrons. The Hall–Kier alpha value is -2.12. The quantitative estimate of drug-likeness (QED) is 0.838. The smallest absolute Gasteiger partial charge is 0.101 e. The first-order valence-electron chi connectivity index (χ1n) is 6.13. The molecule has 1 saturated heterocycles. The normalized spacial score (nSPS) is 18.7. The molecule has 1 aromatic heterocycles. The molecule has 2 N–H and O–H groups in total. The predicted molar refractivity (Wildman–Crippen MR) is 71.4 cm³/mol. The number of nitrogens with zero attached hydrogens (tertiary/aromatic N) is 2. The molecule has 1 atom stereocenters. The lowest BCUT2D eigenvalue weighted by molar-refractivity contribution is 0.794. The molecule has 1 fully saturated rings. The summed E-state index contributed by atoms with van der Waals surface area (Å²) in [6, 6.07) is 10.4. The molecule has 4 nitrogen and oxygen atoms in total. The van der Waals surface area contributed by atoms with E-state index in [0.29, 0.717) is 11.6 Å². The van der Waals surface area contributed by atoms with Crippen molar-refractivity contribution in [3.05, 3.63) is 36.0 Å². The number of anilines is 1. The minimum atomic E-state index is 0.460. The van der Waals surface area contributed by atoms with Gasteiger partial charge in [-0.25, -0.2) is 0 Å². The summed E-state index contributed by atoms with van der Waals surface area (Å²) >= 11 is 0. The van der Waals surface area contributed by atoms with Gasteiger partial charge in [-0.2, -0.15) is 5.26 Å². The second-order valence-corrected chi connectivity index (χ2v) is 4.51. The van der Waals surface area contributed by atoms with E-state index in [4.69, 9.17) is 5.26 Å². The number of nitrogens with one attached hydrogen (secondary N) is 2. The number of fused-ring (bicyclic) bond motifs is 1. The zero-order valence-electron chi connectivity index (χ0n) is 9.98. The van der Waals surface area contributed by atoms with Crippen LogP contribution in [0.3, 0.4) is 0 Å². The number of rotatable bonds is 2. The molecule has 0 spiro atoms. The van der Waals surface area contributed by atoms with Crippen LogP contribution in [0.2, 0.25) is 0 Å². The van der Waals surface area contributed by atoms with E-state index < -0.39 is 0 Å². The summed E-state index contributed by atoms with van der Waals surface area (Å²) in [6.07, 6.45) is 2.85. The fraction of sp³-hybridized carbons (Fsp3) is 0.286. The molecule has 1 aliphatic heterocycles. The van der Waals surface area contributed by atoms with Crippen LogP contribution in [0.25, 0.3) is 10.9 Å². The van der Waals surface area contributed by atoms with Gasteiger partial charge in [0.05, 0.1) is 11.1 Å². The van der Waals surface area contributed by atoms with Gasteiger partial charge in [0.15, 0.2) is 0 Å². The number of pyridine rings is 1. The first-order valence-corrected chi connectivity index (χ1v) is 6.13. The monoisotopic (exact) mass is 238 g/mol. The second kappa shape index (κ2) is 4.63. The highest BCUT2D eigenvalue weighted by Crippen LogP contribution is 2.25. The third kappa shape index (κ3) is 1.89. The van der Waals surface area contributed by atoms with Gasteiger partial charge in [-0.3, -0.25) is 4.98 Å². The molecule has 1 aliphatic rings. The Morgan fingerprint density at radius 3 is 3.11 bits per heavy atom. The van der Waals surface area contributed by atoms with Crippen molar-refractivity contribution in [1.29, 1.82) is 5.26 Å². The molecule has 0 amide bonds. The van der Waals surface area contributed by atoms with Crippen molar-refractivity contribution in [2.75, 3.05) is 18.4 Å². The fourth-order valence-electron chi connectivity index (χ4n) is 2.39. The number of hydrogen-bond donors (Lipinski definition) is 2. The molecule has 4 heteroatoms. The second-order valence-electron chi connectivity index (χ2n) is 4.51. The summed E-state index contributed by atoms with van der Waals surface area (Å²) in [5.74, 6) is 0. The van der Waals surface area contributed by atoms with Crippen LogP contribution in [0.4, 0.5) is 5.69 Å². The zero-order valence-corrected chi connectivity index (χ0v) is 9.98. The first kappa shape index (κ1) is 11.0. The lowest BCUT2D eigenvalue weighted by Crippen LogP contribution is -2.22. The van der Waals surface area contributed by atoms with Gasteiger partial charge < -0.3 is 10.6 Å². The summed E-state index contributed by atoms with van der Waals surface area (Å²) in [5.41, 5.74) is 2.46. The van der Waals surface area contributed by atoms with Crippen LogP contribution in [0, 0.1) is 11.3 Å². The Kier molecular flexibility index (Phi) is 2.83. The van der Waals surface area contributed by atoms with Crippen molar-refractivity contribution in [2.24, 2.45) is 0 Å². The molecule has 2 heterocycles. The van der Waals surface area contributed by atoms with Gasteiger partial charge in [0.25, 0.3) is 0 Å². The summed E-state index contributed by atoms with van der Waals surface area (Å²) in [6.45, 7) is 2.05. The number of aromatic nitrogens is 1. The highest BCUT2D eigenvalue weighted by Gasteiger charge is 2.15. The Bertz CT molecular complexity index is 609. The maximum absolute atomic E-state index is 9.09. The average molecular weight is 238 g/mol. The maximum atomic E-state index is 9.09. The van der Waals surface area contributed by atoms with Crippen LogP contribution in [-0.2, 0) is 0 Å². The van der Waals surface area contributed by atoms with Gasteiger partial charge in [-0.15, -0.1) is 0 Å². The number of nitriles is 1. The molecule has 1 aromatic carbocycles. The van der Waals surface area contributed by atoms with E-state index in [2.05, 4.69) is 21.7 Å². The Morgan fingerprint density at radius 2 is 2.33 bits per heavy atom. The Morgan fingerprint density at radius 1 is 1.39 bits per heavy atom. The van der Waals surface area contributed by atoms with Gasteiger partial charge in [0, 0.05) is 29.9 Å². The maximum Gasteiger partial charge on any atom is 0.101 e. The van der Waals surface area contributed by atoms with Crippen molar-refractivity contribution in [1.82, 2.24) is 10.3 Å². The standard InChI is InChI=1S/C14H14N4/c15-8-10-3-4-13(18-11-5-7-16-9-11)12-2-1-6-17-14(10)12/h1-4,6,11,16,18H,5,7,9H2/t11-/m0/s1. The summed E-state index contributed by atoms with van der Waals surface area (Å²) in [4.78, 5) is 4.31. The molecular formula is C14H14N4. The lowest BCUT2D eigenvalue weighted by atomic mass is 10.1. The first-order chi connectivity index (χ1) is 8.88. The van der Waals surface area contributed by atoms with Gasteiger partial charge in [0.1, 0.15) is 6.07 Å². The highest BCUT2D eigenvalue weighted by molar-refractivity contribution is 5.94. The van der Waals surface area contributed by atoms with E-state index in [-0.39, 0.29) is 0 Å². The molecule has 0 bridgehead atoms. The third-order valence-corrected chi connectivity index (χ3v) is 3.31. The van der Waals surface area contributed by atoms with Crippen LogP contribution in [-0.4, -0.2) is 24.1 Å². The molecule has 18 heavy (non-hydrogen) atoms. The van der Waals surface area contributed by atoms with Crippen molar-refractivity contribution >= 4 is 16.6 Å². The SMILES string of the molecule is N#Cc1ccc(N[C@H]2CCNC2)c2cccnc12. The molecule has 0 aliphatic carbocycles. The summed E-state index contributed by atoms with van der Waals surface area (Å²) in [7, 11) is 0. The van der Waals surface area contributed by atoms with Crippen LogP contribution < -0.4 is 10.6 Å². The predicted octanol–water partition coefficient (Wildman–Crippen LogP) is 1.88. The summed E-state index contributed by atoms with van der Waals surface area (Å²) in [5, 5.41) is 17.0. The number of benzene rings is 1. The topological polar surface area (TPSA) is 60.7 Å². The Labute approximate surface area is 106 Å². The minimum absolute atomic E-state index is 0.460. The molecule has 3 rings (SSSR count). The largest absolute Gasteiger partial charge is 0.380 e. The lowest BCUT2D eigenvalue weighted by Gasteiger charge is -2.15. The molecule has 0 saturated carbocycles. The van der Waals surface area contributed by atoms with Gasteiger partial charge >= 0.3 is 0 Å². The third-order valence-electron chi connectivity index (χ3n) is 3.31. The van der Waals surface area contributed by atoms with E-state index >= 15 is 0 Å². The highest BCUT2D eigenvalue weighted by atomic mass is 15.0. The van der Waals surface area contributed by atoms with Crippen molar-refractivity contribution in [2.45, 2.75) is 12.5 Å². The van der Waals surface area contributed by atoms with Crippen LogP contribution >= 0.6 is 0 Å². The van der Waals surface area contributed by atoms with E-state index in [1.165, 1.54) is 0 Å². The number of hydrogen-bond acceptors (Lipinski definition) is 4. The van der Waals surface area contributed by atoms with Gasteiger partial charge in [-0.1, -0.05) is 0 Å². The van der Waals surface area contributed by atoms with E-state index in [1.54, 1.807) is 6.20 Å². The van der Waals surface area contributed by atoms with Crippen molar-refractivity contribution in [3.8, 4) is 6.07 Å². The minimum Gasteiger partial charge on any atom is -0.380 e. The van der Waals surface area contributed by atoms with Gasteiger partial charge in [0.2, 0.25) is 0 Å². The average Bonchev–Trinajstić information content (AvgIpc) is 2.92. The van der Waals surface area contributed by atoms with Crippen LogP contribution in [0.15, 0.2) is 30.5 Å². The molecule has 2 aromatic rings. The van der Waals surface area contributed by atoms with E-state index in [1.807, 2.05) is 24.3 Å².